The summed E-state index contributed by atoms with van der Waals surface area (Å²) >= 11 is 0. The van der Waals surface area contributed by atoms with Gasteiger partial charge >= 0.3 is 12.0 Å². The molecule has 1 aromatic carbocycles. The fraction of sp³-hybridized carbons (Fsp3) is 0.600. The lowest BCUT2D eigenvalue weighted by molar-refractivity contribution is -0.162. The summed E-state index contributed by atoms with van der Waals surface area (Å²) in [6.45, 7) is 2.08. The zero-order valence-electron chi connectivity index (χ0n) is 17.4. The second-order valence-corrected chi connectivity index (χ2v) is 10.3. The molecule has 2 aliphatic heterocycles. The number of primary amides is 1. The molecule has 3 rings (SSSR count). The first kappa shape index (κ1) is 23.5. The molecule has 1 aromatic rings. The highest BCUT2D eigenvalue weighted by molar-refractivity contribution is 7.89. The van der Waals surface area contributed by atoms with Crippen molar-refractivity contribution in [3.63, 3.8) is 0 Å². The normalized spacial score (nSPS) is 26.0. The SMILES string of the molecule is Cc1ccccc1COC1CCN(S(=O)(=O)C2CCN(C(N)=O)CC2(O)C(=O)O)CC1. The summed E-state index contributed by atoms with van der Waals surface area (Å²) in [4.78, 5) is 24.1. The Morgan fingerprint density at radius 2 is 1.84 bits per heavy atom. The van der Waals surface area contributed by atoms with Crippen molar-refractivity contribution in [2.75, 3.05) is 26.2 Å². The summed E-state index contributed by atoms with van der Waals surface area (Å²) in [6.07, 6.45) is 0.617. The Bertz CT molecular complexity index is 930. The van der Waals surface area contributed by atoms with Crippen molar-refractivity contribution in [2.45, 2.75) is 49.7 Å². The van der Waals surface area contributed by atoms with E-state index in [-0.39, 0.29) is 32.2 Å². The second kappa shape index (κ2) is 9.11. The molecule has 2 atom stereocenters. The summed E-state index contributed by atoms with van der Waals surface area (Å²) in [7, 11) is -4.12. The lowest BCUT2D eigenvalue weighted by Crippen LogP contribution is -2.67. The molecule has 11 heteroatoms. The fourth-order valence-electron chi connectivity index (χ4n) is 4.19. The lowest BCUT2D eigenvalue weighted by atomic mass is 9.92. The van der Waals surface area contributed by atoms with Gasteiger partial charge in [0.1, 0.15) is 5.25 Å². The van der Waals surface area contributed by atoms with Crippen LogP contribution in [0.25, 0.3) is 0 Å². The van der Waals surface area contributed by atoms with Gasteiger partial charge in [-0.05, 0) is 37.3 Å². The van der Waals surface area contributed by atoms with Crippen molar-refractivity contribution in [2.24, 2.45) is 5.73 Å². The first-order valence-electron chi connectivity index (χ1n) is 10.2. The Kier molecular flexibility index (Phi) is 6.89. The number of hydrogen-bond acceptors (Lipinski definition) is 6. The highest BCUT2D eigenvalue weighted by Gasteiger charge is 2.56. The maximum absolute atomic E-state index is 13.2. The summed E-state index contributed by atoms with van der Waals surface area (Å²) in [5.74, 6) is -1.69. The Labute approximate surface area is 181 Å². The van der Waals surface area contributed by atoms with Crippen molar-refractivity contribution in [3.05, 3.63) is 35.4 Å². The number of aryl methyl sites for hydroxylation is 1. The summed E-state index contributed by atoms with van der Waals surface area (Å²) < 4.78 is 33.6. The van der Waals surface area contributed by atoms with E-state index < -0.39 is 39.4 Å². The van der Waals surface area contributed by atoms with Crippen LogP contribution in [0.3, 0.4) is 0 Å². The van der Waals surface area contributed by atoms with Gasteiger partial charge in [-0.25, -0.2) is 22.3 Å². The van der Waals surface area contributed by atoms with Crippen molar-refractivity contribution in [1.29, 1.82) is 0 Å². The molecule has 4 N–H and O–H groups in total. The third kappa shape index (κ3) is 4.84. The van der Waals surface area contributed by atoms with Crippen LogP contribution in [0.4, 0.5) is 4.79 Å². The third-order valence-corrected chi connectivity index (χ3v) is 8.59. The van der Waals surface area contributed by atoms with Crippen LogP contribution in [0.2, 0.25) is 0 Å². The number of aliphatic carboxylic acids is 1. The van der Waals surface area contributed by atoms with Gasteiger partial charge in [0.05, 0.1) is 19.3 Å². The Balaban J connectivity index is 1.64. The van der Waals surface area contributed by atoms with E-state index in [1.165, 1.54) is 4.31 Å². The van der Waals surface area contributed by atoms with E-state index in [1.807, 2.05) is 31.2 Å². The van der Waals surface area contributed by atoms with Crippen molar-refractivity contribution >= 4 is 22.0 Å². The first-order chi connectivity index (χ1) is 14.6. The van der Waals surface area contributed by atoms with Crippen LogP contribution in [0.5, 0.6) is 0 Å². The van der Waals surface area contributed by atoms with Crippen LogP contribution in [-0.2, 0) is 26.2 Å². The number of carbonyl (C=O) groups excluding carboxylic acids is 1. The Hall–Kier alpha value is -2.21. The van der Waals surface area contributed by atoms with Gasteiger partial charge in [0.25, 0.3) is 0 Å². The van der Waals surface area contributed by atoms with E-state index in [0.29, 0.717) is 19.4 Å². The number of ether oxygens (including phenoxy) is 1. The number of urea groups is 1. The van der Waals surface area contributed by atoms with Gasteiger partial charge in [-0.1, -0.05) is 24.3 Å². The fourth-order valence-corrected chi connectivity index (χ4v) is 6.34. The van der Waals surface area contributed by atoms with Gasteiger partial charge in [0.2, 0.25) is 10.0 Å². The number of carboxylic acid groups (broad SMARTS) is 1. The van der Waals surface area contributed by atoms with Gasteiger partial charge < -0.3 is 25.6 Å². The number of carbonyl (C=O) groups is 2. The molecule has 10 nitrogen and oxygen atoms in total. The Morgan fingerprint density at radius 1 is 1.19 bits per heavy atom. The number of rotatable bonds is 6. The lowest BCUT2D eigenvalue weighted by Gasteiger charge is -2.43. The predicted molar refractivity (Wildman–Crippen MR) is 112 cm³/mol. The number of nitrogens with zero attached hydrogens (tertiary/aromatic N) is 2. The average molecular weight is 456 g/mol. The predicted octanol–water partition coefficient (Wildman–Crippen LogP) is 0.275. The number of hydrogen-bond donors (Lipinski definition) is 3. The molecule has 0 aliphatic carbocycles. The second-order valence-electron chi connectivity index (χ2n) is 8.15. The van der Waals surface area contributed by atoms with Crippen molar-refractivity contribution < 1.29 is 33.0 Å². The highest BCUT2D eigenvalue weighted by atomic mass is 32.2. The molecule has 172 valence electrons. The summed E-state index contributed by atoms with van der Waals surface area (Å²) in [5, 5.41) is 18.7. The van der Waals surface area contributed by atoms with Gasteiger partial charge in [-0.2, -0.15) is 0 Å². The minimum Gasteiger partial charge on any atom is -0.479 e. The maximum Gasteiger partial charge on any atom is 0.339 e. The molecule has 0 radical (unpaired) electrons. The van der Waals surface area contributed by atoms with Crippen molar-refractivity contribution in [1.82, 2.24) is 9.21 Å². The zero-order chi connectivity index (χ0) is 22.8. The summed E-state index contributed by atoms with van der Waals surface area (Å²) in [5.41, 5.74) is 4.77. The summed E-state index contributed by atoms with van der Waals surface area (Å²) in [6, 6.07) is 6.98. The van der Waals surface area contributed by atoms with Gasteiger partial charge in [-0.15, -0.1) is 0 Å². The average Bonchev–Trinajstić information content (AvgIpc) is 2.73. The van der Waals surface area contributed by atoms with Gasteiger partial charge in [-0.3, -0.25) is 0 Å². The van der Waals surface area contributed by atoms with E-state index >= 15 is 0 Å². The van der Waals surface area contributed by atoms with E-state index in [9.17, 15) is 28.2 Å². The van der Waals surface area contributed by atoms with E-state index in [0.717, 1.165) is 16.0 Å². The van der Waals surface area contributed by atoms with E-state index in [2.05, 4.69) is 0 Å². The molecule has 2 aliphatic rings. The molecule has 2 unspecified atom stereocenters. The van der Waals surface area contributed by atoms with Crippen LogP contribution in [-0.4, -0.2) is 83.0 Å². The van der Waals surface area contributed by atoms with Crippen LogP contribution >= 0.6 is 0 Å². The van der Waals surface area contributed by atoms with Gasteiger partial charge in [0, 0.05) is 19.6 Å². The number of likely N-dealkylation sites (tertiary alicyclic amines) is 1. The molecule has 0 aromatic heterocycles. The number of aliphatic hydroxyl groups is 1. The number of benzene rings is 1. The highest BCUT2D eigenvalue weighted by Crippen LogP contribution is 2.32. The molecule has 31 heavy (non-hydrogen) atoms. The number of nitrogens with two attached hydrogens (primary N) is 1. The standard InChI is InChI=1S/C20H29N3O7S/c1-14-4-2-3-5-15(14)12-30-16-6-10-23(11-7-16)31(28,29)17-8-9-22(19(21)26)13-20(17,27)18(24)25/h2-5,16-17,27H,6-13H2,1H3,(H2,21,26)(H,24,25). The molecule has 2 amide bonds. The largest absolute Gasteiger partial charge is 0.479 e. The number of β-amino-alcohol motifs (C(OH)–C–C–N with tert-alkyl or cyclic N) is 1. The molecule has 0 bridgehead atoms. The third-order valence-electron chi connectivity index (χ3n) is 6.16. The molecule has 2 saturated heterocycles. The van der Waals surface area contributed by atoms with Crippen LogP contribution in [0, 0.1) is 6.92 Å². The molecule has 2 fully saturated rings. The van der Waals surface area contributed by atoms with E-state index in [1.54, 1.807) is 0 Å². The smallest absolute Gasteiger partial charge is 0.339 e. The van der Waals surface area contributed by atoms with Crippen LogP contribution in [0.15, 0.2) is 24.3 Å². The topological polar surface area (TPSA) is 150 Å². The molecule has 2 heterocycles. The first-order valence-corrected chi connectivity index (χ1v) is 11.7. The quantitative estimate of drug-likeness (QED) is 0.557. The minimum absolute atomic E-state index is 0.0369. The van der Waals surface area contributed by atoms with Crippen molar-refractivity contribution in [3.8, 4) is 0 Å². The van der Waals surface area contributed by atoms with Gasteiger partial charge in [0.15, 0.2) is 5.60 Å². The number of amides is 2. The van der Waals surface area contributed by atoms with E-state index in [4.69, 9.17) is 10.5 Å². The molecular weight excluding hydrogens is 426 g/mol. The number of piperidine rings is 2. The molecule has 0 spiro atoms. The number of carboxylic acids is 1. The molecule has 0 saturated carbocycles. The molecular formula is C20H29N3O7S. The zero-order valence-corrected chi connectivity index (χ0v) is 18.3. The van der Waals surface area contributed by atoms with Crippen LogP contribution < -0.4 is 5.73 Å². The monoisotopic (exact) mass is 455 g/mol. The Morgan fingerprint density at radius 3 is 2.42 bits per heavy atom. The maximum atomic E-state index is 13.2. The number of sulfonamides is 1. The minimum atomic E-state index is -4.12. The van der Waals surface area contributed by atoms with Crippen LogP contribution in [0.1, 0.15) is 30.4 Å².